The highest BCUT2D eigenvalue weighted by Crippen LogP contribution is 2.33. The highest BCUT2D eigenvalue weighted by molar-refractivity contribution is 7.91. The maximum absolute atomic E-state index is 11.5. The van der Waals surface area contributed by atoms with Crippen LogP contribution in [0.5, 0.6) is 0 Å². The normalized spacial score (nSPS) is 14.9. The van der Waals surface area contributed by atoms with Crippen molar-refractivity contribution in [3.63, 3.8) is 0 Å². The number of anilines is 1. The third-order valence-electron chi connectivity index (χ3n) is 2.24. The number of carbonyl (C=O) groups is 1. The van der Waals surface area contributed by atoms with Gasteiger partial charge in [0.15, 0.2) is 0 Å². The van der Waals surface area contributed by atoms with Crippen LogP contribution in [0.1, 0.15) is 0 Å². The zero-order valence-electron chi connectivity index (χ0n) is 11.5. The number of nitrogens with zero attached hydrogens (tertiary/aromatic N) is 2. The topological polar surface area (TPSA) is 139 Å². The molecule has 0 aromatic heterocycles. The Morgan fingerprint density at radius 2 is 1.91 bits per heavy atom. The van der Waals surface area contributed by atoms with Crippen molar-refractivity contribution in [1.82, 2.24) is 4.90 Å². The Bertz CT molecular complexity index is 818. The minimum atomic E-state index is -4.09. The van der Waals surface area contributed by atoms with Gasteiger partial charge in [-0.05, 0) is 12.1 Å². The van der Waals surface area contributed by atoms with Crippen LogP contribution in [0.15, 0.2) is 26.3 Å². The first-order chi connectivity index (χ1) is 9.99. The summed E-state index contributed by atoms with van der Waals surface area (Å²) in [6, 6.07) is 2.05. The molecule has 122 valence electrons. The summed E-state index contributed by atoms with van der Waals surface area (Å²) in [6.45, 7) is 0. The van der Waals surface area contributed by atoms with E-state index in [1.165, 1.54) is 11.0 Å². The molecule has 3 N–H and O–H groups in total. The molecular weight excluding hydrogens is 356 g/mol. The molecule has 0 spiro atoms. The van der Waals surface area contributed by atoms with Crippen molar-refractivity contribution >= 4 is 50.1 Å². The summed E-state index contributed by atoms with van der Waals surface area (Å²) in [5, 5.41) is 7.30. The van der Waals surface area contributed by atoms with Crippen LogP contribution in [0.4, 0.5) is 5.69 Å². The average Bonchev–Trinajstić information content (AvgIpc) is 2.36. The lowest BCUT2D eigenvalue weighted by Gasteiger charge is -2.14. The predicted molar refractivity (Wildman–Crippen MR) is 81.9 cm³/mol. The lowest BCUT2D eigenvalue weighted by atomic mass is 10.3. The first-order valence-electron chi connectivity index (χ1n) is 5.52. The number of primary sulfonamides is 1. The van der Waals surface area contributed by atoms with E-state index in [0.717, 1.165) is 18.8 Å². The minimum Gasteiger partial charge on any atom is -0.351 e. The molecule has 0 saturated carbocycles. The van der Waals surface area contributed by atoms with Crippen LogP contribution in [-0.2, 0) is 24.8 Å². The van der Waals surface area contributed by atoms with Crippen molar-refractivity contribution in [2.75, 3.05) is 19.4 Å². The molecule has 1 amide bonds. The molecule has 1 heterocycles. The molecule has 1 aliphatic rings. The van der Waals surface area contributed by atoms with Crippen molar-refractivity contribution in [2.24, 2.45) is 9.54 Å². The first kappa shape index (κ1) is 18.4. The fraction of sp³-hybridized carbons (Fsp3) is 0.200. The molecule has 0 bridgehead atoms. The number of hydrogen-bond acceptors (Lipinski definition) is 6. The molecular formula is C10H13ClN4O5S2. The quantitative estimate of drug-likeness (QED) is 0.695. The second-order valence-electron chi connectivity index (χ2n) is 4.25. The zero-order valence-corrected chi connectivity index (χ0v) is 13.9. The summed E-state index contributed by atoms with van der Waals surface area (Å²) in [5.41, 5.74) is 0.150. The number of rotatable bonds is 2. The highest BCUT2D eigenvalue weighted by atomic mass is 35.5. The van der Waals surface area contributed by atoms with Gasteiger partial charge in [0.25, 0.3) is 10.0 Å². The Labute approximate surface area is 132 Å². The van der Waals surface area contributed by atoms with Crippen molar-refractivity contribution in [3.05, 3.63) is 17.2 Å². The van der Waals surface area contributed by atoms with E-state index in [2.05, 4.69) is 9.71 Å². The summed E-state index contributed by atoms with van der Waals surface area (Å²) >= 11 is 5.70. The van der Waals surface area contributed by atoms with Gasteiger partial charge in [-0.15, -0.1) is 4.40 Å². The standard InChI is InChI=1S/C7H6ClN3O4S2.C3H7NO/c8-4-1-5-7(2-6(4)16(9,12)13)17(14,15)11-3-10-5;1-4(2)3-5/h1-3H,(H,10,11)(H2,9,12,13);3H,1-2H3. The molecule has 1 aliphatic heterocycles. The van der Waals surface area contributed by atoms with Crippen LogP contribution in [-0.4, -0.2) is 48.6 Å². The second kappa shape index (κ2) is 6.60. The summed E-state index contributed by atoms with van der Waals surface area (Å²) in [5.74, 6) is 0. The van der Waals surface area contributed by atoms with Gasteiger partial charge in [-0.1, -0.05) is 11.6 Å². The van der Waals surface area contributed by atoms with Crippen molar-refractivity contribution < 1.29 is 21.6 Å². The Kier molecular flexibility index (Phi) is 5.51. The van der Waals surface area contributed by atoms with Gasteiger partial charge in [0.1, 0.15) is 16.1 Å². The van der Waals surface area contributed by atoms with Crippen LogP contribution in [0.2, 0.25) is 5.02 Å². The number of nitrogens with one attached hydrogen (secondary N) is 1. The smallest absolute Gasteiger partial charge is 0.285 e. The molecule has 0 radical (unpaired) electrons. The van der Waals surface area contributed by atoms with Crippen LogP contribution >= 0.6 is 11.6 Å². The lowest BCUT2D eigenvalue weighted by molar-refractivity contribution is -0.115. The van der Waals surface area contributed by atoms with Crippen LogP contribution in [0.25, 0.3) is 0 Å². The number of halogens is 1. The maximum atomic E-state index is 11.5. The number of nitrogens with two attached hydrogens (primary N) is 1. The van der Waals surface area contributed by atoms with Crippen LogP contribution in [0, 0.1) is 0 Å². The minimum absolute atomic E-state index is 0.150. The van der Waals surface area contributed by atoms with E-state index in [0.29, 0.717) is 0 Å². The number of amides is 1. The predicted octanol–water partition coefficient (Wildman–Crippen LogP) is -0.166. The van der Waals surface area contributed by atoms with Gasteiger partial charge >= 0.3 is 0 Å². The van der Waals surface area contributed by atoms with E-state index in [9.17, 15) is 21.6 Å². The SMILES string of the molecule is CN(C)C=O.NS(=O)(=O)c1cc2c(cc1Cl)NC=NS2(=O)=O. The van der Waals surface area contributed by atoms with Crippen molar-refractivity contribution in [1.29, 1.82) is 0 Å². The Hall–Kier alpha value is -1.69. The van der Waals surface area contributed by atoms with Gasteiger partial charge in [-0.25, -0.2) is 13.6 Å². The number of benzene rings is 1. The molecule has 0 aliphatic carbocycles. The van der Waals surface area contributed by atoms with Gasteiger partial charge in [-0.2, -0.15) is 8.42 Å². The van der Waals surface area contributed by atoms with E-state index in [-0.39, 0.29) is 15.6 Å². The third-order valence-corrected chi connectivity index (χ3v) is 4.89. The Morgan fingerprint density at radius 3 is 2.36 bits per heavy atom. The van der Waals surface area contributed by atoms with E-state index in [4.69, 9.17) is 16.7 Å². The summed E-state index contributed by atoms with van der Waals surface area (Å²) < 4.78 is 48.7. The molecule has 9 nitrogen and oxygen atoms in total. The highest BCUT2D eigenvalue weighted by Gasteiger charge is 2.25. The number of hydrogen-bond donors (Lipinski definition) is 2. The summed E-state index contributed by atoms with van der Waals surface area (Å²) in [6.07, 6.45) is 1.73. The molecule has 1 aromatic carbocycles. The third kappa shape index (κ3) is 4.40. The fourth-order valence-corrected chi connectivity index (χ4v) is 3.44. The summed E-state index contributed by atoms with van der Waals surface area (Å²) in [7, 11) is -4.63. The zero-order chi connectivity index (χ0) is 17.1. The van der Waals surface area contributed by atoms with E-state index in [1.54, 1.807) is 14.1 Å². The molecule has 2 rings (SSSR count). The second-order valence-corrected chi connectivity index (χ2v) is 7.78. The van der Waals surface area contributed by atoms with Gasteiger partial charge < -0.3 is 10.2 Å². The molecule has 1 aromatic rings. The largest absolute Gasteiger partial charge is 0.351 e. The molecule has 0 atom stereocenters. The monoisotopic (exact) mass is 368 g/mol. The van der Waals surface area contributed by atoms with E-state index < -0.39 is 24.9 Å². The van der Waals surface area contributed by atoms with Gasteiger partial charge in [0.2, 0.25) is 16.4 Å². The van der Waals surface area contributed by atoms with Crippen molar-refractivity contribution in [2.45, 2.75) is 9.79 Å². The average molecular weight is 369 g/mol. The van der Waals surface area contributed by atoms with Crippen LogP contribution in [0.3, 0.4) is 0 Å². The number of fused-ring (bicyclic) bond motifs is 1. The Balaban J connectivity index is 0.000000422. The van der Waals surface area contributed by atoms with E-state index in [1.807, 2.05) is 0 Å². The van der Waals surface area contributed by atoms with Crippen molar-refractivity contribution in [3.8, 4) is 0 Å². The summed E-state index contributed by atoms with van der Waals surface area (Å²) in [4.78, 5) is 10.1. The van der Waals surface area contributed by atoms with Gasteiger partial charge in [-0.3, -0.25) is 4.79 Å². The fourth-order valence-electron chi connectivity index (χ4n) is 1.30. The van der Waals surface area contributed by atoms with Gasteiger partial charge in [0.05, 0.1) is 10.7 Å². The molecule has 22 heavy (non-hydrogen) atoms. The lowest BCUT2D eigenvalue weighted by Crippen LogP contribution is -2.16. The maximum Gasteiger partial charge on any atom is 0.285 e. The van der Waals surface area contributed by atoms with Gasteiger partial charge in [0, 0.05) is 14.1 Å². The molecule has 0 unspecified atom stereocenters. The van der Waals surface area contributed by atoms with E-state index >= 15 is 0 Å². The molecule has 12 heteroatoms. The number of sulfonamides is 2. The molecule has 0 fully saturated rings. The van der Waals surface area contributed by atoms with Crippen LogP contribution < -0.4 is 10.5 Å². The first-order valence-corrected chi connectivity index (χ1v) is 8.89. The number of carbonyl (C=O) groups excluding carboxylic acids is 1. The molecule has 0 saturated heterocycles. The Morgan fingerprint density at radius 1 is 1.36 bits per heavy atom.